The SMILES string of the molecule is O=C(CNc1ccc2c(c1)OC(F)(F)O2)Nc1ccc(Cl)cc1Cl. The maximum Gasteiger partial charge on any atom is 0.586 e. The van der Waals surface area contributed by atoms with Crippen LogP contribution in [-0.2, 0) is 4.79 Å². The summed E-state index contributed by atoms with van der Waals surface area (Å²) in [5.74, 6) is -0.545. The van der Waals surface area contributed by atoms with Crippen molar-refractivity contribution in [3.05, 3.63) is 46.4 Å². The first-order valence-corrected chi connectivity index (χ1v) is 7.47. The Kier molecular flexibility index (Phi) is 4.38. The van der Waals surface area contributed by atoms with Crippen LogP contribution < -0.4 is 20.1 Å². The van der Waals surface area contributed by atoms with E-state index in [-0.39, 0.29) is 24.0 Å². The van der Waals surface area contributed by atoms with E-state index in [0.29, 0.717) is 21.4 Å². The van der Waals surface area contributed by atoms with Gasteiger partial charge in [0.05, 0.1) is 17.3 Å². The zero-order chi connectivity index (χ0) is 17.3. The van der Waals surface area contributed by atoms with E-state index >= 15 is 0 Å². The van der Waals surface area contributed by atoms with Gasteiger partial charge in [-0.3, -0.25) is 4.79 Å². The van der Waals surface area contributed by atoms with Crippen LogP contribution in [-0.4, -0.2) is 18.7 Å². The van der Waals surface area contributed by atoms with Crippen molar-refractivity contribution < 1.29 is 23.0 Å². The molecule has 1 amide bonds. The minimum Gasteiger partial charge on any atom is -0.395 e. The largest absolute Gasteiger partial charge is 0.586 e. The van der Waals surface area contributed by atoms with Gasteiger partial charge in [0, 0.05) is 16.8 Å². The molecule has 1 heterocycles. The highest BCUT2D eigenvalue weighted by molar-refractivity contribution is 6.36. The smallest absolute Gasteiger partial charge is 0.395 e. The Morgan fingerprint density at radius 1 is 1.08 bits per heavy atom. The highest BCUT2D eigenvalue weighted by Gasteiger charge is 2.43. The number of amides is 1. The molecule has 0 aliphatic carbocycles. The van der Waals surface area contributed by atoms with E-state index < -0.39 is 6.29 Å². The minimum atomic E-state index is -3.68. The fourth-order valence-electron chi connectivity index (χ4n) is 2.03. The molecule has 2 N–H and O–H groups in total. The van der Waals surface area contributed by atoms with E-state index in [1.807, 2.05) is 0 Å². The second kappa shape index (κ2) is 6.33. The Hall–Kier alpha value is -2.25. The predicted molar refractivity (Wildman–Crippen MR) is 86.2 cm³/mol. The molecule has 24 heavy (non-hydrogen) atoms. The van der Waals surface area contributed by atoms with Crippen molar-refractivity contribution in [3.63, 3.8) is 0 Å². The quantitative estimate of drug-likeness (QED) is 0.834. The molecular weight excluding hydrogens is 365 g/mol. The predicted octanol–water partition coefficient (Wildman–Crippen LogP) is 4.37. The van der Waals surface area contributed by atoms with Crippen LogP contribution >= 0.6 is 23.2 Å². The summed E-state index contributed by atoms with van der Waals surface area (Å²) in [6.45, 7) is -0.102. The van der Waals surface area contributed by atoms with Gasteiger partial charge in [0.15, 0.2) is 11.5 Å². The van der Waals surface area contributed by atoms with Crippen LogP contribution in [0.4, 0.5) is 20.2 Å². The number of anilines is 2. The number of alkyl halides is 2. The Morgan fingerprint density at radius 2 is 1.83 bits per heavy atom. The van der Waals surface area contributed by atoms with Gasteiger partial charge in [0.25, 0.3) is 0 Å². The minimum absolute atomic E-state index is 0.0667. The zero-order valence-electron chi connectivity index (χ0n) is 11.9. The lowest BCUT2D eigenvalue weighted by atomic mass is 10.2. The topological polar surface area (TPSA) is 59.6 Å². The summed E-state index contributed by atoms with van der Waals surface area (Å²) in [7, 11) is 0. The van der Waals surface area contributed by atoms with Crippen molar-refractivity contribution in [1.82, 2.24) is 0 Å². The van der Waals surface area contributed by atoms with E-state index in [0.717, 1.165) is 0 Å². The van der Waals surface area contributed by atoms with Crippen LogP contribution in [0.5, 0.6) is 11.5 Å². The third-order valence-corrected chi connectivity index (χ3v) is 3.61. The molecule has 0 spiro atoms. The molecule has 0 saturated heterocycles. The summed E-state index contributed by atoms with van der Waals surface area (Å²) < 4.78 is 34.5. The van der Waals surface area contributed by atoms with Gasteiger partial charge in [-0.1, -0.05) is 23.2 Å². The molecule has 0 radical (unpaired) electrons. The maximum absolute atomic E-state index is 12.9. The molecule has 2 aromatic rings. The molecule has 0 saturated carbocycles. The van der Waals surface area contributed by atoms with Crippen molar-refractivity contribution >= 4 is 40.5 Å². The lowest BCUT2D eigenvalue weighted by Crippen LogP contribution is -2.25. The van der Waals surface area contributed by atoms with Gasteiger partial charge < -0.3 is 20.1 Å². The number of carbonyl (C=O) groups excluding carboxylic acids is 1. The molecule has 0 atom stereocenters. The molecule has 9 heteroatoms. The maximum atomic E-state index is 12.9. The molecule has 0 fully saturated rings. The van der Waals surface area contributed by atoms with Gasteiger partial charge >= 0.3 is 6.29 Å². The summed E-state index contributed by atoms with van der Waals surface area (Å²) >= 11 is 11.7. The fraction of sp³-hybridized carbons (Fsp3) is 0.133. The molecule has 0 aromatic heterocycles. The van der Waals surface area contributed by atoms with Gasteiger partial charge in [-0.15, -0.1) is 8.78 Å². The molecular formula is C15H10Cl2F2N2O3. The van der Waals surface area contributed by atoms with Crippen LogP contribution in [0.25, 0.3) is 0 Å². The fourth-order valence-corrected chi connectivity index (χ4v) is 2.48. The number of hydrogen-bond donors (Lipinski definition) is 2. The zero-order valence-corrected chi connectivity index (χ0v) is 13.4. The number of carbonyl (C=O) groups is 1. The first-order valence-electron chi connectivity index (χ1n) is 6.71. The van der Waals surface area contributed by atoms with Crippen LogP contribution in [0.15, 0.2) is 36.4 Å². The first-order chi connectivity index (χ1) is 11.3. The summed E-state index contributed by atoms with van der Waals surface area (Å²) in [5.41, 5.74) is 0.839. The van der Waals surface area contributed by atoms with Gasteiger partial charge in [0.1, 0.15) is 0 Å². The highest BCUT2D eigenvalue weighted by atomic mass is 35.5. The monoisotopic (exact) mass is 374 g/mol. The van der Waals surface area contributed by atoms with Crippen molar-refractivity contribution in [1.29, 1.82) is 0 Å². The van der Waals surface area contributed by atoms with Crippen molar-refractivity contribution in [2.75, 3.05) is 17.2 Å². The molecule has 0 bridgehead atoms. The van der Waals surface area contributed by atoms with E-state index in [9.17, 15) is 13.6 Å². The normalized spacial score (nSPS) is 14.3. The molecule has 1 aliphatic rings. The van der Waals surface area contributed by atoms with Gasteiger partial charge in [-0.05, 0) is 30.3 Å². The number of fused-ring (bicyclic) bond motifs is 1. The average molecular weight is 375 g/mol. The Labute approximate surface area is 145 Å². The summed E-state index contributed by atoms with van der Waals surface area (Å²) in [6, 6.07) is 8.81. The van der Waals surface area contributed by atoms with E-state index in [4.69, 9.17) is 23.2 Å². The molecule has 5 nitrogen and oxygen atoms in total. The van der Waals surface area contributed by atoms with Gasteiger partial charge in [-0.2, -0.15) is 0 Å². The molecule has 126 valence electrons. The summed E-state index contributed by atoms with van der Waals surface area (Å²) in [5, 5.41) is 6.15. The second-order valence-corrected chi connectivity index (χ2v) is 5.70. The number of hydrogen-bond acceptors (Lipinski definition) is 4. The van der Waals surface area contributed by atoms with Crippen LogP contribution in [0.1, 0.15) is 0 Å². The average Bonchev–Trinajstić information content (AvgIpc) is 2.81. The van der Waals surface area contributed by atoms with E-state index in [1.165, 1.54) is 24.3 Å². The number of ether oxygens (including phenoxy) is 2. The van der Waals surface area contributed by atoms with E-state index in [2.05, 4.69) is 20.1 Å². The summed E-state index contributed by atoms with van der Waals surface area (Å²) in [6.07, 6.45) is -3.68. The second-order valence-electron chi connectivity index (χ2n) is 4.85. The number of nitrogens with one attached hydrogen (secondary N) is 2. The Bertz CT molecular complexity index is 802. The molecule has 1 aliphatic heterocycles. The third-order valence-electron chi connectivity index (χ3n) is 3.06. The highest BCUT2D eigenvalue weighted by Crippen LogP contribution is 2.42. The molecule has 3 rings (SSSR count). The standard InChI is InChI=1S/C15H10Cl2F2N2O3/c16-8-1-3-11(10(17)5-8)21-14(22)7-20-9-2-4-12-13(6-9)24-15(18,19)23-12/h1-6,20H,7H2,(H,21,22). The summed E-state index contributed by atoms with van der Waals surface area (Å²) in [4.78, 5) is 11.9. The Balaban J connectivity index is 1.59. The van der Waals surface area contributed by atoms with E-state index in [1.54, 1.807) is 12.1 Å². The van der Waals surface area contributed by atoms with Gasteiger partial charge in [0.2, 0.25) is 5.91 Å². The van der Waals surface area contributed by atoms with Crippen molar-refractivity contribution in [2.45, 2.75) is 6.29 Å². The lowest BCUT2D eigenvalue weighted by Gasteiger charge is -2.09. The van der Waals surface area contributed by atoms with Crippen LogP contribution in [0.3, 0.4) is 0 Å². The van der Waals surface area contributed by atoms with Crippen LogP contribution in [0.2, 0.25) is 10.0 Å². The molecule has 2 aromatic carbocycles. The number of benzene rings is 2. The number of rotatable bonds is 4. The molecule has 0 unspecified atom stereocenters. The van der Waals surface area contributed by atoms with Crippen LogP contribution in [0, 0.1) is 0 Å². The first kappa shape index (κ1) is 16.6. The van der Waals surface area contributed by atoms with Gasteiger partial charge in [-0.25, -0.2) is 0 Å². The lowest BCUT2D eigenvalue weighted by molar-refractivity contribution is -0.286. The number of halogens is 4. The van der Waals surface area contributed by atoms with Crippen molar-refractivity contribution in [2.24, 2.45) is 0 Å². The Morgan fingerprint density at radius 3 is 2.58 bits per heavy atom. The van der Waals surface area contributed by atoms with Crippen molar-refractivity contribution in [3.8, 4) is 11.5 Å². The third kappa shape index (κ3) is 3.80.